The molecule has 11 heteroatoms. The summed E-state index contributed by atoms with van der Waals surface area (Å²) in [6.07, 6.45) is 1.03. The zero-order valence-corrected chi connectivity index (χ0v) is 19.5. The van der Waals surface area contributed by atoms with E-state index >= 15 is 0 Å². The van der Waals surface area contributed by atoms with Crippen molar-refractivity contribution in [2.24, 2.45) is 0 Å². The zero-order valence-electron chi connectivity index (χ0n) is 17.1. The van der Waals surface area contributed by atoms with Gasteiger partial charge in [-0.05, 0) is 73.2 Å². The van der Waals surface area contributed by atoms with Crippen LogP contribution in [0, 0.1) is 6.92 Å². The number of anilines is 3. The van der Waals surface area contributed by atoms with Crippen molar-refractivity contribution < 1.29 is 21.6 Å². The van der Waals surface area contributed by atoms with Crippen LogP contribution in [0.3, 0.4) is 0 Å². The third kappa shape index (κ3) is 6.22. The van der Waals surface area contributed by atoms with Crippen LogP contribution >= 0.6 is 11.6 Å². The molecule has 3 aromatic rings. The number of amides is 1. The maximum Gasteiger partial charge on any atom is 0.261 e. The van der Waals surface area contributed by atoms with Gasteiger partial charge in [-0.1, -0.05) is 17.7 Å². The first-order valence-electron chi connectivity index (χ1n) is 9.21. The lowest BCUT2D eigenvalue weighted by molar-refractivity contribution is 0.102. The first kappa shape index (κ1) is 23.6. The SMILES string of the molecule is Cc1ccc(Cl)cc1NS(=O)(=O)c1ccc(NC(=O)c2ccc(NS(C)(=O)=O)cc2)cc1. The number of nitrogens with one attached hydrogen (secondary N) is 3. The summed E-state index contributed by atoms with van der Waals surface area (Å²) in [5, 5.41) is 3.07. The van der Waals surface area contributed by atoms with E-state index in [2.05, 4.69) is 14.8 Å². The first-order chi connectivity index (χ1) is 14.9. The fourth-order valence-electron chi connectivity index (χ4n) is 2.73. The Labute approximate surface area is 191 Å². The Hall–Kier alpha value is -3.08. The van der Waals surface area contributed by atoms with E-state index in [-0.39, 0.29) is 4.90 Å². The van der Waals surface area contributed by atoms with Gasteiger partial charge < -0.3 is 5.32 Å². The van der Waals surface area contributed by atoms with Crippen molar-refractivity contribution in [2.45, 2.75) is 11.8 Å². The van der Waals surface area contributed by atoms with Crippen molar-refractivity contribution in [1.82, 2.24) is 0 Å². The average Bonchev–Trinajstić information content (AvgIpc) is 2.70. The molecule has 168 valence electrons. The molecule has 0 unspecified atom stereocenters. The molecule has 0 heterocycles. The van der Waals surface area contributed by atoms with Gasteiger partial charge in [0.25, 0.3) is 15.9 Å². The Kier molecular flexibility index (Phi) is 6.77. The van der Waals surface area contributed by atoms with Gasteiger partial charge in [-0.2, -0.15) is 0 Å². The minimum absolute atomic E-state index is 0.0195. The standard InChI is InChI=1S/C21H20ClN3O5S2/c1-14-3-6-16(22)13-20(14)25-32(29,30)19-11-9-17(10-12-19)23-21(26)15-4-7-18(8-5-15)24-31(2,27)28/h3-13,24-25H,1-2H3,(H,23,26). The van der Waals surface area contributed by atoms with Crippen LogP contribution in [0.4, 0.5) is 17.1 Å². The molecular weight excluding hydrogens is 474 g/mol. The number of sulfonamides is 2. The molecule has 3 rings (SSSR count). The van der Waals surface area contributed by atoms with Crippen LogP contribution in [-0.2, 0) is 20.0 Å². The second-order valence-corrected chi connectivity index (χ2v) is 10.9. The Morgan fingerprint density at radius 2 is 1.41 bits per heavy atom. The van der Waals surface area contributed by atoms with Gasteiger partial charge in [0, 0.05) is 22.0 Å². The number of rotatable bonds is 7. The van der Waals surface area contributed by atoms with E-state index < -0.39 is 26.0 Å². The van der Waals surface area contributed by atoms with Gasteiger partial charge in [0.05, 0.1) is 16.8 Å². The van der Waals surface area contributed by atoms with Crippen LogP contribution in [0.2, 0.25) is 5.02 Å². The number of hydrogen-bond acceptors (Lipinski definition) is 5. The van der Waals surface area contributed by atoms with Gasteiger partial charge in [0.15, 0.2) is 0 Å². The predicted molar refractivity (Wildman–Crippen MR) is 126 cm³/mol. The molecule has 0 saturated carbocycles. The minimum Gasteiger partial charge on any atom is -0.322 e. The molecule has 0 spiro atoms. The Balaban J connectivity index is 1.70. The highest BCUT2D eigenvalue weighted by Crippen LogP contribution is 2.24. The summed E-state index contributed by atoms with van der Waals surface area (Å²) < 4.78 is 52.6. The van der Waals surface area contributed by atoms with Crippen LogP contribution in [0.15, 0.2) is 71.6 Å². The van der Waals surface area contributed by atoms with Crippen molar-refractivity contribution in [3.8, 4) is 0 Å². The van der Waals surface area contributed by atoms with E-state index in [4.69, 9.17) is 11.6 Å². The van der Waals surface area contributed by atoms with Gasteiger partial charge in [-0.3, -0.25) is 14.2 Å². The van der Waals surface area contributed by atoms with E-state index in [1.807, 2.05) is 0 Å². The summed E-state index contributed by atoms with van der Waals surface area (Å²) in [4.78, 5) is 12.4. The van der Waals surface area contributed by atoms with Gasteiger partial charge >= 0.3 is 0 Å². The molecule has 0 aromatic heterocycles. The lowest BCUT2D eigenvalue weighted by atomic mass is 10.2. The van der Waals surface area contributed by atoms with E-state index in [0.717, 1.165) is 11.8 Å². The summed E-state index contributed by atoms with van der Waals surface area (Å²) in [7, 11) is -7.26. The van der Waals surface area contributed by atoms with Crippen molar-refractivity contribution in [1.29, 1.82) is 0 Å². The Bertz CT molecular complexity index is 1360. The van der Waals surface area contributed by atoms with Crippen LogP contribution < -0.4 is 14.8 Å². The molecule has 0 aliphatic rings. The molecule has 0 aliphatic heterocycles. The molecule has 8 nitrogen and oxygen atoms in total. The highest BCUT2D eigenvalue weighted by atomic mass is 35.5. The monoisotopic (exact) mass is 493 g/mol. The predicted octanol–water partition coefficient (Wildman–Crippen LogP) is 4.07. The van der Waals surface area contributed by atoms with Crippen molar-refractivity contribution in [3.63, 3.8) is 0 Å². The Morgan fingerprint density at radius 3 is 2.00 bits per heavy atom. The Morgan fingerprint density at radius 1 is 0.812 bits per heavy atom. The number of benzene rings is 3. The number of halogens is 1. The molecular formula is C21H20ClN3O5S2. The van der Waals surface area contributed by atoms with E-state index in [1.54, 1.807) is 19.1 Å². The number of carbonyl (C=O) groups is 1. The van der Waals surface area contributed by atoms with E-state index in [1.165, 1.54) is 54.6 Å². The summed E-state index contributed by atoms with van der Waals surface area (Å²) in [5.41, 5.74) is 2.13. The van der Waals surface area contributed by atoms with Gasteiger partial charge in [-0.25, -0.2) is 16.8 Å². The van der Waals surface area contributed by atoms with Gasteiger partial charge in [0.2, 0.25) is 10.0 Å². The lowest BCUT2D eigenvalue weighted by Gasteiger charge is -2.12. The molecule has 0 aliphatic carbocycles. The maximum absolute atomic E-state index is 12.7. The fraction of sp³-hybridized carbons (Fsp3) is 0.0952. The molecule has 3 aromatic carbocycles. The summed E-state index contributed by atoms with van der Waals surface area (Å²) >= 11 is 5.94. The van der Waals surface area contributed by atoms with Crippen molar-refractivity contribution >= 4 is 54.6 Å². The number of aryl methyl sites for hydroxylation is 1. The molecule has 0 fully saturated rings. The molecule has 3 N–H and O–H groups in total. The summed E-state index contributed by atoms with van der Waals surface area (Å²) in [5.74, 6) is -0.431. The van der Waals surface area contributed by atoms with E-state index in [0.29, 0.717) is 27.6 Å². The maximum atomic E-state index is 12.7. The molecule has 0 radical (unpaired) electrons. The summed E-state index contributed by atoms with van der Waals surface area (Å²) in [6, 6.07) is 16.5. The average molecular weight is 494 g/mol. The quantitative estimate of drug-likeness (QED) is 0.458. The van der Waals surface area contributed by atoms with Crippen molar-refractivity contribution in [2.75, 3.05) is 21.0 Å². The van der Waals surface area contributed by atoms with Crippen LogP contribution in [-0.4, -0.2) is 29.0 Å². The van der Waals surface area contributed by atoms with Crippen LogP contribution in [0.1, 0.15) is 15.9 Å². The lowest BCUT2D eigenvalue weighted by Crippen LogP contribution is -2.15. The van der Waals surface area contributed by atoms with Gasteiger partial charge in [0.1, 0.15) is 0 Å². The highest BCUT2D eigenvalue weighted by molar-refractivity contribution is 7.92. The molecule has 0 atom stereocenters. The third-order valence-electron chi connectivity index (χ3n) is 4.32. The number of hydrogen-bond donors (Lipinski definition) is 3. The van der Waals surface area contributed by atoms with Gasteiger partial charge in [-0.15, -0.1) is 0 Å². The molecule has 0 bridgehead atoms. The van der Waals surface area contributed by atoms with Crippen LogP contribution in [0.5, 0.6) is 0 Å². The normalized spacial score (nSPS) is 11.6. The molecule has 1 amide bonds. The zero-order chi connectivity index (χ0) is 23.5. The second-order valence-electron chi connectivity index (χ2n) is 6.99. The largest absolute Gasteiger partial charge is 0.322 e. The third-order valence-corrected chi connectivity index (χ3v) is 6.54. The smallest absolute Gasteiger partial charge is 0.261 e. The first-order valence-corrected chi connectivity index (χ1v) is 13.0. The fourth-order valence-corrected chi connectivity index (χ4v) is 4.59. The van der Waals surface area contributed by atoms with Crippen LogP contribution in [0.25, 0.3) is 0 Å². The number of carbonyl (C=O) groups excluding carboxylic acids is 1. The highest BCUT2D eigenvalue weighted by Gasteiger charge is 2.16. The second kappa shape index (κ2) is 9.19. The van der Waals surface area contributed by atoms with Crippen molar-refractivity contribution in [3.05, 3.63) is 82.9 Å². The summed E-state index contributed by atoms with van der Waals surface area (Å²) in [6.45, 7) is 1.76. The minimum atomic E-state index is -3.85. The topological polar surface area (TPSA) is 121 Å². The van der Waals surface area contributed by atoms with E-state index in [9.17, 15) is 21.6 Å². The molecule has 32 heavy (non-hydrogen) atoms. The molecule has 0 saturated heterocycles.